The van der Waals surface area contributed by atoms with Gasteiger partial charge < -0.3 is 9.84 Å². The van der Waals surface area contributed by atoms with Crippen molar-refractivity contribution in [2.75, 3.05) is 7.11 Å². The standard InChI is InChI=1S/C15H22O2/c1-14(2)8-5-9-15(16,11-14)12-6-4-7-13(10-12)17-3/h4,6-7,10,16H,5,8-9,11H2,1-3H3. The number of aliphatic hydroxyl groups is 1. The Bertz CT molecular complexity index is 398. The molecule has 2 heteroatoms. The minimum absolute atomic E-state index is 0.218. The molecule has 2 nitrogen and oxygen atoms in total. The molecule has 1 aliphatic carbocycles. The Balaban J connectivity index is 2.30. The van der Waals surface area contributed by atoms with E-state index in [0.29, 0.717) is 0 Å². The number of hydrogen-bond acceptors (Lipinski definition) is 2. The number of hydrogen-bond donors (Lipinski definition) is 1. The first kappa shape index (κ1) is 12.4. The molecule has 0 aliphatic heterocycles. The van der Waals surface area contributed by atoms with Crippen molar-refractivity contribution < 1.29 is 9.84 Å². The maximum Gasteiger partial charge on any atom is 0.119 e. The second kappa shape index (κ2) is 4.34. The highest BCUT2D eigenvalue weighted by Gasteiger charge is 2.39. The van der Waals surface area contributed by atoms with E-state index in [9.17, 15) is 5.11 Å². The predicted molar refractivity (Wildman–Crippen MR) is 69.1 cm³/mol. The average molecular weight is 234 g/mol. The average Bonchev–Trinajstić information content (AvgIpc) is 2.27. The molecule has 1 atom stereocenters. The maximum atomic E-state index is 10.8. The second-order valence-electron chi connectivity index (χ2n) is 5.96. The number of ether oxygens (including phenoxy) is 1. The molecule has 1 aromatic rings. The van der Waals surface area contributed by atoms with Gasteiger partial charge in [-0.15, -0.1) is 0 Å². The summed E-state index contributed by atoms with van der Waals surface area (Å²) in [4.78, 5) is 0. The van der Waals surface area contributed by atoms with E-state index in [1.54, 1.807) is 7.11 Å². The van der Waals surface area contributed by atoms with E-state index in [2.05, 4.69) is 13.8 Å². The minimum Gasteiger partial charge on any atom is -0.497 e. The van der Waals surface area contributed by atoms with Crippen molar-refractivity contribution in [3.8, 4) is 5.75 Å². The molecule has 0 amide bonds. The third-order valence-electron chi connectivity index (χ3n) is 3.82. The summed E-state index contributed by atoms with van der Waals surface area (Å²) in [6, 6.07) is 7.83. The zero-order chi connectivity index (χ0) is 12.5. The van der Waals surface area contributed by atoms with Gasteiger partial charge >= 0.3 is 0 Å². The quantitative estimate of drug-likeness (QED) is 0.849. The van der Waals surface area contributed by atoms with Crippen LogP contribution >= 0.6 is 0 Å². The molecular weight excluding hydrogens is 212 g/mol. The Labute approximate surface area is 104 Å². The minimum atomic E-state index is -0.684. The van der Waals surface area contributed by atoms with Crippen LogP contribution in [-0.2, 0) is 5.60 Å². The molecule has 0 spiro atoms. The maximum absolute atomic E-state index is 10.8. The summed E-state index contributed by atoms with van der Waals surface area (Å²) in [5, 5.41) is 10.8. The molecule has 0 radical (unpaired) electrons. The number of benzene rings is 1. The Hall–Kier alpha value is -1.02. The summed E-state index contributed by atoms with van der Waals surface area (Å²) in [6.45, 7) is 4.47. The van der Waals surface area contributed by atoms with Crippen molar-refractivity contribution in [2.45, 2.75) is 45.1 Å². The van der Waals surface area contributed by atoms with Crippen molar-refractivity contribution in [3.05, 3.63) is 29.8 Å². The SMILES string of the molecule is COc1cccc(C2(O)CCCC(C)(C)C2)c1. The van der Waals surface area contributed by atoms with Crippen molar-refractivity contribution in [3.63, 3.8) is 0 Å². The first-order valence-electron chi connectivity index (χ1n) is 6.32. The third kappa shape index (κ3) is 2.63. The van der Waals surface area contributed by atoms with Crippen LogP contribution in [-0.4, -0.2) is 12.2 Å². The van der Waals surface area contributed by atoms with E-state index in [0.717, 1.165) is 30.6 Å². The molecule has 94 valence electrons. The Morgan fingerprint density at radius 1 is 1.24 bits per heavy atom. The van der Waals surface area contributed by atoms with E-state index in [4.69, 9.17) is 4.74 Å². The monoisotopic (exact) mass is 234 g/mol. The summed E-state index contributed by atoms with van der Waals surface area (Å²) >= 11 is 0. The van der Waals surface area contributed by atoms with E-state index in [1.165, 1.54) is 6.42 Å². The van der Waals surface area contributed by atoms with Gasteiger partial charge in [-0.2, -0.15) is 0 Å². The molecule has 0 saturated heterocycles. The van der Waals surface area contributed by atoms with Crippen molar-refractivity contribution in [1.82, 2.24) is 0 Å². The van der Waals surface area contributed by atoms with Crippen molar-refractivity contribution >= 4 is 0 Å². The predicted octanol–water partition coefficient (Wildman–Crippen LogP) is 3.48. The zero-order valence-corrected chi connectivity index (χ0v) is 11.0. The van der Waals surface area contributed by atoms with Gasteiger partial charge in [0.25, 0.3) is 0 Å². The van der Waals surface area contributed by atoms with Gasteiger partial charge in [0.05, 0.1) is 12.7 Å². The van der Waals surface area contributed by atoms with Crippen LogP contribution in [0.3, 0.4) is 0 Å². The van der Waals surface area contributed by atoms with Gasteiger partial charge in [0.15, 0.2) is 0 Å². The molecule has 1 aliphatic rings. The summed E-state index contributed by atoms with van der Waals surface area (Å²) < 4.78 is 5.23. The second-order valence-corrected chi connectivity index (χ2v) is 5.96. The van der Waals surface area contributed by atoms with Gasteiger partial charge in [-0.1, -0.05) is 26.0 Å². The van der Waals surface area contributed by atoms with Crippen LogP contribution in [0.2, 0.25) is 0 Å². The van der Waals surface area contributed by atoms with Gasteiger partial charge in [-0.25, -0.2) is 0 Å². The smallest absolute Gasteiger partial charge is 0.119 e. The molecule has 1 unspecified atom stereocenters. The lowest BCUT2D eigenvalue weighted by atomic mass is 9.67. The van der Waals surface area contributed by atoms with Crippen LogP contribution in [0.1, 0.15) is 45.1 Å². The first-order chi connectivity index (χ1) is 7.95. The van der Waals surface area contributed by atoms with E-state index in [1.807, 2.05) is 24.3 Å². The van der Waals surface area contributed by atoms with E-state index >= 15 is 0 Å². The highest BCUT2D eigenvalue weighted by atomic mass is 16.5. The van der Waals surface area contributed by atoms with Crippen LogP contribution in [0.4, 0.5) is 0 Å². The molecule has 0 bridgehead atoms. The first-order valence-corrected chi connectivity index (χ1v) is 6.32. The largest absolute Gasteiger partial charge is 0.497 e. The molecule has 1 fully saturated rings. The Morgan fingerprint density at radius 3 is 2.65 bits per heavy atom. The number of rotatable bonds is 2. The van der Waals surface area contributed by atoms with Crippen LogP contribution in [0, 0.1) is 5.41 Å². The molecule has 1 saturated carbocycles. The van der Waals surface area contributed by atoms with Crippen molar-refractivity contribution in [1.29, 1.82) is 0 Å². The third-order valence-corrected chi connectivity index (χ3v) is 3.82. The lowest BCUT2D eigenvalue weighted by Crippen LogP contribution is -2.36. The molecule has 0 heterocycles. The molecule has 2 rings (SSSR count). The summed E-state index contributed by atoms with van der Waals surface area (Å²) in [7, 11) is 1.66. The molecule has 1 N–H and O–H groups in total. The summed E-state index contributed by atoms with van der Waals surface area (Å²) in [5.74, 6) is 0.819. The van der Waals surface area contributed by atoms with Crippen molar-refractivity contribution in [2.24, 2.45) is 5.41 Å². The lowest BCUT2D eigenvalue weighted by Gasteiger charge is -2.42. The van der Waals surface area contributed by atoms with Gasteiger partial charge in [0.2, 0.25) is 0 Å². The van der Waals surface area contributed by atoms with Gasteiger partial charge in [0, 0.05) is 0 Å². The van der Waals surface area contributed by atoms with Crippen LogP contribution in [0.25, 0.3) is 0 Å². The van der Waals surface area contributed by atoms with E-state index < -0.39 is 5.60 Å². The lowest BCUT2D eigenvalue weighted by molar-refractivity contribution is -0.0441. The highest BCUT2D eigenvalue weighted by Crippen LogP contribution is 2.46. The van der Waals surface area contributed by atoms with Gasteiger partial charge in [-0.3, -0.25) is 0 Å². The fourth-order valence-electron chi connectivity index (χ4n) is 2.99. The normalized spacial score (nSPS) is 27.8. The van der Waals surface area contributed by atoms with Gasteiger partial charge in [-0.05, 0) is 48.8 Å². The highest BCUT2D eigenvalue weighted by molar-refractivity contribution is 5.32. The van der Waals surface area contributed by atoms with Crippen LogP contribution in [0.15, 0.2) is 24.3 Å². The topological polar surface area (TPSA) is 29.5 Å². The fraction of sp³-hybridized carbons (Fsp3) is 0.600. The van der Waals surface area contributed by atoms with E-state index in [-0.39, 0.29) is 5.41 Å². The summed E-state index contributed by atoms with van der Waals surface area (Å²) in [6.07, 6.45) is 3.96. The Morgan fingerprint density at radius 2 is 2.00 bits per heavy atom. The molecule has 1 aromatic carbocycles. The van der Waals surface area contributed by atoms with Gasteiger partial charge in [0.1, 0.15) is 5.75 Å². The molecule has 0 aromatic heterocycles. The molecular formula is C15H22O2. The van der Waals surface area contributed by atoms with Crippen LogP contribution in [0.5, 0.6) is 5.75 Å². The number of methoxy groups -OCH3 is 1. The Kier molecular flexibility index (Phi) is 3.17. The fourth-order valence-corrected chi connectivity index (χ4v) is 2.99. The van der Waals surface area contributed by atoms with Crippen LogP contribution < -0.4 is 4.74 Å². The zero-order valence-electron chi connectivity index (χ0n) is 11.0. The summed E-state index contributed by atoms with van der Waals surface area (Å²) in [5.41, 5.74) is 0.524. The molecule has 17 heavy (non-hydrogen) atoms.